The zero-order chi connectivity index (χ0) is 12.1. The monoisotopic (exact) mass is 239 g/mol. The highest BCUT2D eigenvalue weighted by Crippen LogP contribution is 2.18. The summed E-state index contributed by atoms with van der Waals surface area (Å²) in [5, 5.41) is 3.02. The van der Waals surface area contributed by atoms with Gasteiger partial charge < -0.3 is 19.4 Å². The molecule has 1 aromatic heterocycles. The van der Waals surface area contributed by atoms with Crippen LogP contribution in [0.2, 0.25) is 0 Å². The zero-order valence-corrected chi connectivity index (χ0v) is 10.6. The van der Waals surface area contributed by atoms with Crippen molar-refractivity contribution in [1.29, 1.82) is 0 Å². The molecule has 2 rings (SSSR count). The lowest BCUT2D eigenvalue weighted by atomic mass is 10.2. The fourth-order valence-electron chi connectivity index (χ4n) is 2.24. The number of likely N-dealkylation sites (tertiary alicyclic amines) is 1. The minimum absolute atomic E-state index is 0.385. The molecule has 1 aliphatic rings. The molecule has 1 unspecified atom stereocenters. The molecule has 1 fully saturated rings. The molecular weight excluding hydrogens is 218 g/mol. The first-order valence-corrected chi connectivity index (χ1v) is 6.21. The van der Waals surface area contributed by atoms with Gasteiger partial charge in [-0.2, -0.15) is 4.98 Å². The second-order valence-electron chi connectivity index (χ2n) is 4.55. The second kappa shape index (κ2) is 6.02. The van der Waals surface area contributed by atoms with Crippen molar-refractivity contribution < 1.29 is 9.15 Å². The molecule has 1 atom stereocenters. The van der Waals surface area contributed by atoms with E-state index < -0.39 is 0 Å². The van der Waals surface area contributed by atoms with E-state index in [1.54, 1.807) is 6.26 Å². The minimum atomic E-state index is 0.385. The highest BCUT2D eigenvalue weighted by Gasteiger charge is 2.20. The molecule has 0 saturated carbocycles. The molecule has 1 aliphatic heterocycles. The molecule has 1 N–H and O–H groups in total. The molecule has 0 amide bonds. The SMILES string of the molecule is CNCc1coc(OCCC2CCCN2C)n1. The Morgan fingerprint density at radius 2 is 2.53 bits per heavy atom. The van der Waals surface area contributed by atoms with Crippen molar-refractivity contribution in [2.24, 2.45) is 0 Å². The molecule has 0 aliphatic carbocycles. The standard InChI is InChI=1S/C12H21N3O2/c1-13-8-10-9-17-12(14-10)16-7-5-11-4-3-6-15(11)2/h9,11,13H,3-8H2,1-2H3. The van der Waals surface area contributed by atoms with E-state index in [1.165, 1.54) is 19.4 Å². The maximum absolute atomic E-state index is 5.51. The van der Waals surface area contributed by atoms with Gasteiger partial charge in [-0.1, -0.05) is 0 Å². The van der Waals surface area contributed by atoms with Crippen molar-refractivity contribution in [3.63, 3.8) is 0 Å². The van der Waals surface area contributed by atoms with Gasteiger partial charge in [-0.15, -0.1) is 0 Å². The maximum Gasteiger partial charge on any atom is 0.393 e. The summed E-state index contributed by atoms with van der Waals surface area (Å²) in [7, 11) is 4.05. The van der Waals surface area contributed by atoms with Gasteiger partial charge in [0.1, 0.15) is 6.26 Å². The van der Waals surface area contributed by atoms with Crippen LogP contribution in [0.4, 0.5) is 0 Å². The van der Waals surface area contributed by atoms with Crippen LogP contribution in [0.15, 0.2) is 10.7 Å². The Kier molecular flexibility index (Phi) is 4.39. The van der Waals surface area contributed by atoms with E-state index in [9.17, 15) is 0 Å². The lowest BCUT2D eigenvalue weighted by Gasteiger charge is -2.18. The Bertz CT molecular complexity index is 340. The van der Waals surface area contributed by atoms with Gasteiger partial charge in [0, 0.05) is 12.6 Å². The topological polar surface area (TPSA) is 50.5 Å². The summed E-state index contributed by atoms with van der Waals surface area (Å²) in [5.41, 5.74) is 0.875. The van der Waals surface area contributed by atoms with Crippen molar-refractivity contribution in [2.45, 2.75) is 31.8 Å². The lowest BCUT2D eigenvalue weighted by molar-refractivity contribution is 0.192. The molecule has 1 aromatic rings. The third kappa shape index (κ3) is 3.44. The Hall–Kier alpha value is -1.07. The van der Waals surface area contributed by atoms with Gasteiger partial charge in [-0.25, -0.2) is 0 Å². The van der Waals surface area contributed by atoms with Crippen LogP contribution in [-0.4, -0.2) is 43.2 Å². The largest absolute Gasteiger partial charge is 0.450 e. The van der Waals surface area contributed by atoms with Crippen LogP contribution in [0.1, 0.15) is 25.0 Å². The number of nitrogens with zero attached hydrogens (tertiary/aromatic N) is 2. The molecule has 5 heteroatoms. The lowest BCUT2D eigenvalue weighted by Crippen LogP contribution is -2.26. The quantitative estimate of drug-likeness (QED) is 0.810. The molecule has 0 spiro atoms. The van der Waals surface area contributed by atoms with Crippen LogP contribution in [0, 0.1) is 0 Å². The van der Waals surface area contributed by atoms with Crippen LogP contribution in [-0.2, 0) is 6.54 Å². The summed E-state index contributed by atoms with van der Waals surface area (Å²) in [6.07, 6.45) is 5.63. The first-order valence-electron chi connectivity index (χ1n) is 6.21. The predicted octanol–water partition coefficient (Wildman–Crippen LogP) is 1.26. The van der Waals surface area contributed by atoms with Crippen molar-refractivity contribution >= 4 is 0 Å². The summed E-state index contributed by atoms with van der Waals surface area (Å²) in [6, 6.07) is 0.654. The number of nitrogens with one attached hydrogen (secondary N) is 1. The van der Waals surface area contributed by atoms with Gasteiger partial charge >= 0.3 is 6.08 Å². The van der Waals surface area contributed by atoms with Crippen molar-refractivity contribution in [3.8, 4) is 6.08 Å². The van der Waals surface area contributed by atoms with E-state index in [-0.39, 0.29) is 0 Å². The second-order valence-corrected chi connectivity index (χ2v) is 4.55. The maximum atomic E-state index is 5.51. The normalized spacial score (nSPS) is 20.9. The van der Waals surface area contributed by atoms with Crippen LogP contribution >= 0.6 is 0 Å². The van der Waals surface area contributed by atoms with E-state index in [0.29, 0.717) is 25.3 Å². The summed E-state index contributed by atoms with van der Waals surface area (Å²) in [6.45, 7) is 2.59. The molecule has 17 heavy (non-hydrogen) atoms. The average Bonchev–Trinajstić information content (AvgIpc) is 2.90. The fourth-order valence-corrected chi connectivity index (χ4v) is 2.24. The zero-order valence-electron chi connectivity index (χ0n) is 10.6. The van der Waals surface area contributed by atoms with E-state index in [4.69, 9.17) is 9.15 Å². The van der Waals surface area contributed by atoms with E-state index >= 15 is 0 Å². The fraction of sp³-hybridized carbons (Fsp3) is 0.750. The number of ether oxygens (including phenoxy) is 1. The number of rotatable bonds is 6. The van der Waals surface area contributed by atoms with Crippen molar-refractivity contribution in [1.82, 2.24) is 15.2 Å². The highest BCUT2D eigenvalue weighted by atomic mass is 16.6. The predicted molar refractivity (Wildman–Crippen MR) is 65.0 cm³/mol. The molecule has 0 radical (unpaired) electrons. The van der Waals surface area contributed by atoms with Crippen LogP contribution in [0.25, 0.3) is 0 Å². The van der Waals surface area contributed by atoms with Crippen LogP contribution in [0.3, 0.4) is 0 Å². The molecule has 1 saturated heterocycles. The van der Waals surface area contributed by atoms with E-state index in [2.05, 4.69) is 22.2 Å². The Labute approximate surface area is 102 Å². The summed E-state index contributed by atoms with van der Waals surface area (Å²) < 4.78 is 10.7. The number of oxazole rings is 1. The number of aromatic nitrogens is 1. The summed E-state index contributed by atoms with van der Waals surface area (Å²) >= 11 is 0. The van der Waals surface area contributed by atoms with Gasteiger partial charge in [0.2, 0.25) is 0 Å². The number of hydrogen-bond acceptors (Lipinski definition) is 5. The Morgan fingerprint density at radius 3 is 3.24 bits per heavy atom. The Balaban J connectivity index is 1.70. The first kappa shape index (κ1) is 12.4. The van der Waals surface area contributed by atoms with Gasteiger partial charge in [0.15, 0.2) is 0 Å². The molecule has 2 heterocycles. The van der Waals surface area contributed by atoms with E-state index in [0.717, 1.165) is 12.1 Å². The Morgan fingerprint density at radius 1 is 1.65 bits per heavy atom. The first-order chi connectivity index (χ1) is 8.29. The smallest absolute Gasteiger partial charge is 0.393 e. The summed E-state index contributed by atoms with van der Waals surface area (Å²) in [4.78, 5) is 6.61. The third-order valence-electron chi connectivity index (χ3n) is 3.24. The highest BCUT2D eigenvalue weighted by molar-refractivity contribution is 4.99. The minimum Gasteiger partial charge on any atom is -0.450 e. The van der Waals surface area contributed by atoms with Crippen LogP contribution < -0.4 is 10.1 Å². The number of hydrogen-bond donors (Lipinski definition) is 1. The molecule has 0 bridgehead atoms. The average molecular weight is 239 g/mol. The molecule has 96 valence electrons. The third-order valence-corrected chi connectivity index (χ3v) is 3.24. The molecular formula is C12H21N3O2. The van der Waals surface area contributed by atoms with Crippen molar-refractivity contribution in [3.05, 3.63) is 12.0 Å². The summed E-state index contributed by atoms with van der Waals surface area (Å²) in [5.74, 6) is 0. The van der Waals surface area contributed by atoms with Gasteiger partial charge in [-0.05, 0) is 39.9 Å². The van der Waals surface area contributed by atoms with Gasteiger partial charge in [0.05, 0.1) is 12.3 Å². The van der Waals surface area contributed by atoms with Crippen molar-refractivity contribution in [2.75, 3.05) is 27.2 Å². The van der Waals surface area contributed by atoms with Crippen LogP contribution in [0.5, 0.6) is 6.08 Å². The van der Waals surface area contributed by atoms with E-state index in [1.807, 2.05) is 7.05 Å². The van der Waals surface area contributed by atoms with Gasteiger partial charge in [0.25, 0.3) is 0 Å². The molecule has 5 nitrogen and oxygen atoms in total. The molecule has 0 aromatic carbocycles. The van der Waals surface area contributed by atoms with Gasteiger partial charge in [-0.3, -0.25) is 0 Å².